The lowest BCUT2D eigenvalue weighted by molar-refractivity contribution is 0.0972. The Balaban J connectivity index is 2.32. The molecule has 1 heterocycles. The van der Waals surface area contributed by atoms with Gasteiger partial charge in [0.2, 0.25) is 0 Å². The molecule has 1 aromatic heterocycles. The first-order valence-electron chi connectivity index (χ1n) is 4.88. The monoisotopic (exact) mass is 186 g/mol. The van der Waals surface area contributed by atoms with Crippen LogP contribution < -0.4 is 0 Å². The van der Waals surface area contributed by atoms with Crippen molar-refractivity contribution in [3.8, 4) is 0 Å². The Morgan fingerprint density at radius 3 is 3.07 bits per heavy atom. The van der Waals surface area contributed by atoms with E-state index >= 15 is 0 Å². The van der Waals surface area contributed by atoms with E-state index in [0.29, 0.717) is 6.42 Å². The molecule has 0 saturated carbocycles. The summed E-state index contributed by atoms with van der Waals surface area (Å²) >= 11 is 0. The van der Waals surface area contributed by atoms with Crippen LogP contribution in [0.5, 0.6) is 0 Å². The molecule has 3 rings (SSSR count). The minimum Gasteiger partial charge on any atom is -0.464 e. The summed E-state index contributed by atoms with van der Waals surface area (Å²) in [6.07, 6.45) is 4.33. The van der Waals surface area contributed by atoms with Gasteiger partial charge in [0, 0.05) is 17.4 Å². The van der Waals surface area contributed by atoms with Gasteiger partial charge in [-0.3, -0.25) is 4.79 Å². The number of hydrogen-bond acceptors (Lipinski definition) is 2. The zero-order chi connectivity index (χ0) is 9.54. The number of ketones is 1. The van der Waals surface area contributed by atoms with Gasteiger partial charge >= 0.3 is 0 Å². The molecule has 0 radical (unpaired) electrons. The molecule has 0 atom stereocenters. The van der Waals surface area contributed by atoms with E-state index in [-0.39, 0.29) is 5.78 Å². The molecule has 2 nitrogen and oxygen atoms in total. The van der Waals surface area contributed by atoms with Crippen LogP contribution in [0.25, 0.3) is 11.0 Å². The molecule has 0 fully saturated rings. The summed E-state index contributed by atoms with van der Waals surface area (Å²) in [6, 6.07) is 5.86. The van der Waals surface area contributed by atoms with Crippen LogP contribution in [0.15, 0.2) is 28.9 Å². The van der Waals surface area contributed by atoms with E-state index in [1.165, 1.54) is 0 Å². The summed E-state index contributed by atoms with van der Waals surface area (Å²) in [7, 11) is 0. The van der Waals surface area contributed by atoms with E-state index in [4.69, 9.17) is 4.42 Å². The quantitative estimate of drug-likeness (QED) is 0.633. The first-order valence-corrected chi connectivity index (χ1v) is 4.88. The van der Waals surface area contributed by atoms with Crippen molar-refractivity contribution < 1.29 is 9.21 Å². The smallest absolute Gasteiger partial charge is 0.163 e. The molecule has 0 bridgehead atoms. The fourth-order valence-electron chi connectivity index (χ4n) is 2.09. The summed E-state index contributed by atoms with van der Waals surface area (Å²) in [6.45, 7) is 0. The highest BCUT2D eigenvalue weighted by Gasteiger charge is 2.18. The maximum Gasteiger partial charge on any atom is 0.163 e. The second kappa shape index (κ2) is 2.71. The van der Waals surface area contributed by atoms with E-state index in [9.17, 15) is 4.79 Å². The number of carbonyl (C=O) groups is 1. The zero-order valence-electron chi connectivity index (χ0n) is 7.75. The number of fused-ring (bicyclic) bond motifs is 2. The maximum absolute atomic E-state index is 11.6. The lowest BCUT2D eigenvalue weighted by Gasteiger charge is -2.13. The number of furan rings is 1. The van der Waals surface area contributed by atoms with Crippen molar-refractivity contribution in [1.29, 1.82) is 0 Å². The van der Waals surface area contributed by atoms with Gasteiger partial charge in [0.15, 0.2) is 5.78 Å². The summed E-state index contributed by atoms with van der Waals surface area (Å²) in [4.78, 5) is 11.6. The van der Waals surface area contributed by atoms with Gasteiger partial charge in [-0.2, -0.15) is 0 Å². The number of rotatable bonds is 0. The summed E-state index contributed by atoms with van der Waals surface area (Å²) in [5.74, 6) is 0.273. The Bertz CT molecular complexity index is 508. The minimum absolute atomic E-state index is 0.273. The highest BCUT2D eigenvalue weighted by Crippen LogP contribution is 2.26. The largest absolute Gasteiger partial charge is 0.464 e. The van der Waals surface area contributed by atoms with E-state index < -0.39 is 0 Å². The van der Waals surface area contributed by atoms with Gasteiger partial charge in [-0.05, 0) is 36.6 Å². The average molecular weight is 186 g/mol. The zero-order valence-corrected chi connectivity index (χ0v) is 7.75. The normalized spacial score (nSPS) is 15.9. The molecule has 0 aliphatic heterocycles. The fourth-order valence-corrected chi connectivity index (χ4v) is 2.09. The van der Waals surface area contributed by atoms with Gasteiger partial charge in [-0.25, -0.2) is 0 Å². The van der Waals surface area contributed by atoms with Gasteiger partial charge in [-0.1, -0.05) is 0 Å². The van der Waals surface area contributed by atoms with Crippen molar-refractivity contribution in [3.05, 3.63) is 35.6 Å². The van der Waals surface area contributed by atoms with Gasteiger partial charge in [-0.15, -0.1) is 0 Å². The third kappa shape index (κ3) is 1.00. The molecule has 14 heavy (non-hydrogen) atoms. The molecular formula is C12H10O2. The lowest BCUT2D eigenvalue weighted by Crippen LogP contribution is -2.10. The molecule has 0 spiro atoms. The lowest BCUT2D eigenvalue weighted by atomic mass is 9.90. The molecule has 2 aromatic rings. The molecule has 0 N–H and O–H groups in total. The van der Waals surface area contributed by atoms with Crippen molar-refractivity contribution in [2.75, 3.05) is 0 Å². The predicted molar refractivity (Wildman–Crippen MR) is 53.5 cm³/mol. The first kappa shape index (κ1) is 7.80. The maximum atomic E-state index is 11.6. The molecule has 70 valence electrons. The number of hydrogen-bond donors (Lipinski definition) is 0. The Kier molecular flexibility index (Phi) is 1.51. The average Bonchev–Trinajstić information content (AvgIpc) is 2.62. The van der Waals surface area contributed by atoms with Gasteiger partial charge in [0.05, 0.1) is 6.26 Å². The first-order chi connectivity index (χ1) is 6.84. The standard InChI is InChI=1S/C12H10O2/c13-11-3-1-2-8-7-12-9(4-5-14-12)6-10(8)11/h4-7H,1-3H2. The number of carbonyl (C=O) groups excluding carboxylic acids is 1. The third-order valence-electron chi connectivity index (χ3n) is 2.83. The topological polar surface area (TPSA) is 30.2 Å². The fraction of sp³-hybridized carbons (Fsp3) is 0.250. The Morgan fingerprint density at radius 1 is 1.21 bits per heavy atom. The van der Waals surface area contributed by atoms with Gasteiger partial charge in [0.1, 0.15) is 5.58 Å². The molecule has 1 aliphatic carbocycles. The van der Waals surface area contributed by atoms with Crippen LogP contribution in [-0.2, 0) is 6.42 Å². The van der Waals surface area contributed by atoms with Crippen LogP contribution >= 0.6 is 0 Å². The molecule has 0 unspecified atom stereocenters. The highest BCUT2D eigenvalue weighted by molar-refractivity contribution is 6.01. The van der Waals surface area contributed by atoms with Crippen LogP contribution in [0, 0.1) is 0 Å². The van der Waals surface area contributed by atoms with Crippen molar-refractivity contribution >= 4 is 16.8 Å². The van der Waals surface area contributed by atoms with Crippen molar-refractivity contribution in [1.82, 2.24) is 0 Å². The number of Topliss-reactive ketones (excluding diaryl/α,β-unsaturated/α-hetero) is 1. The van der Waals surface area contributed by atoms with E-state index in [0.717, 1.165) is 34.9 Å². The number of benzene rings is 1. The third-order valence-corrected chi connectivity index (χ3v) is 2.83. The Labute approximate surface area is 81.5 Å². The van der Waals surface area contributed by atoms with E-state index in [1.807, 2.05) is 18.2 Å². The predicted octanol–water partition coefficient (Wildman–Crippen LogP) is 2.95. The summed E-state index contributed by atoms with van der Waals surface area (Å²) in [5.41, 5.74) is 2.92. The number of aryl methyl sites for hydroxylation is 1. The van der Waals surface area contributed by atoms with Crippen molar-refractivity contribution in [3.63, 3.8) is 0 Å². The van der Waals surface area contributed by atoms with Crippen LogP contribution in [-0.4, -0.2) is 5.78 Å². The van der Waals surface area contributed by atoms with Crippen molar-refractivity contribution in [2.45, 2.75) is 19.3 Å². The summed E-state index contributed by atoms with van der Waals surface area (Å²) < 4.78 is 5.31. The molecule has 2 heteroatoms. The highest BCUT2D eigenvalue weighted by atomic mass is 16.3. The Hall–Kier alpha value is -1.57. The van der Waals surface area contributed by atoms with Crippen LogP contribution in [0.4, 0.5) is 0 Å². The molecule has 0 amide bonds. The van der Waals surface area contributed by atoms with Gasteiger partial charge < -0.3 is 4.42 Å². The SMILES string of the molecule is O=C1CCCc2cc3occc3cc21. The second-order valence-corrected chi connectivity index (χ2v) is 3.74. The van der Waals surface area contributed by atoms with Crippen LogP contribution in [0.3, 0.4) is 0 Å². The molecular weight excluding hydrogens is 176 g/mol. The van der Waals surface area contributed by atoms with E-state index in [1.54, 1.807) is 6.26 Å². The Morgan fingerprint density at radius 2 is 2.14 bits per heavy atom. The molecule has 0 saturated heterocycles. The van der Waals surface area contributed by atoms with E-state index in [2.05, 4.69) is 0 Å². The van der Waals surface area contributed by atoms with Crippen molar-refractivity contribution in [2.24, 2.45) is 0 Å². The van der Waals surface area contributed by atoms with Crippen LogP contribution in [0.2, 0.25) is 0 Å². The second-order valence-electron chi connectivity index (χ2n) is 3.74. The minimum atomic E-state index is 0.273. The summed E-state index contributed by atoms with van der Waals surface area (Å²) in [5, 5.41) is 1.03. The van der Waals surface area contributed by atoms with Gasteiger partial charge in [0.25, 0.3) is 0 Å². The van der Waals surface area contributed by atoms with Crippen LogP contribution in [0.1, 0.15) is 28.8 Å². The molecule has 1 aliphatic rings. The molecule has 1 aromatic carbocycles.